The fourth-order valence-electron chi connectivity index (χ4n) is 5.30. The van der Waals surface area contributed by atoms with Crippen molar-refractivity contribution in [1.82, 2.24) is 0 Å². The van der Waals surface area contributed by atoms with Crippen LogP contribution in [0.25, 0.3) is 5.57 Å². The van der Waals surface area contributed by atoms with E-state index in [2.05, 4.69) is 6.58 Å². The van der Waals surface area contributed by atoms with Crippen molar-refractivity contribution in [2.24, 2.45) is 17.8 Å². The maximum Gasteiger partial charge on any atom is 0.165 e. The minimum Gasteiger partial charge on any atom is -0.490 e. The summed E-state index contributed by atoms with van der Waals surface area (Å²) in [5, 5.41) is 9.81. The molecule has 0 aromatic heterocycles. The van der Waals surface area contributed by atoms with Crippen molar-refractivity contribution in [3.05, 3.63) is 89.8 Å². The van der Waals surface area contributed by atoms with Gasteiger partial charge < -0.3 is 14.6 Å². The van der Waals surface area contributed by atoms with Crippen molar-refractivity contribution in [1.29, 1.82) is 0 Å². The third-order valence-electron chi connectivity index (χ3n) is 7.56. The third kappa shape index (κ3) is 6.67. The fourth-order valence-corrected chi connectivity index (χ4v) is 5.30. The van der Waals surface area contributed by atoms with Crippen LogP contribution in [0.2, 0.25) is 0 Å². The third-order valence-corrected chi connectivity index (χ3v) is 7.56. The molecule has 0 spiro atoms. The highest BCUT2D eigenvalue weighted by Crippen LogP contribution is 2.45. The molecule has 2 aromatic rings. The van der Waals surface area contributed by atoms with Gasteiger partial charge in [-0.2, -0.15) is 0 Å². The van der Waals surface area contributed by atoms with Gasteiger partial charge in [-0.25, -0.2) is 13.2 Å². The Bertz CT molecular complexity index is 1130. The van der Waals surface area contributed by atoms with E-state index in [-0.39, 0.29) is 35.9 Å². The maximum atomic E-state index is 15.1. The minimum absolute atomic E-state index is 0.104. The Morgan fingerprint density at radius 1 is 1.03 bits per heavy atom. The Hall–Kier alpha value is -2.99. The first-order valence-electron chi connectivity index (χ1n) is 13.1. The number of hydrogen-bond donors (Lipinski definition) is 1. The number of allylic oxidation sites excluding steroid dienone is 4. The van der Waals surface area contributed by atoms with Gasteiger partial charge in [-0.3, -0.25) is 0 Å². The van der Waals surface area contributed by atoms with Gasteiger partial charge in [-0.05, 0) is 92.7 Å². The monoisotopic (exact) mass is 512 g/mol. The summed E-state index contributed by atoms with van der Waals surface area (Å²) in [7, 11) is 0. The molecule has 37 heavy (non-hydrogen) atoms. The molecule has 3 nitrogen and oxygen atoms in total. The Labute approximate surface area is 217 Å². The van der Waals surface area contributed by atoms with E-state index in [9.17, 15) is 9.50 Å². The van der Waals surface area contributed by atoms with Gasteiger partial charge in [-0.15, -0.1) is 6.58 Å². The van der Waals surface area contributed by atoms with E-state index >= 15 is 8.78 Å². The van der Waals surface area contributed by atoms with E-state index < -0.39 is 23.4 Å². The molecule has 1 fully saturated rings. The summed E-state index contributed by atoms with van der Waals surface area (Å²) in [5.74, 6) is -1.23. The Morgan fingerprint density at radius 3 is 2.41 bits per heavy atom. The first-order chi connectivity index (χ1) is 17.9. The van der Waals surface area contributed by atoms with Gasteiger partial charge in [-0.1, -0.05) is 30.4 Å². The molecule has 0 aliphatic heterocycles. The lowest BCUT2D eigenvalue weighted by molar-refractivity contribution is 0.0785. The van der Waals surface area contributed by atoms with Crippen molar-refractivity contribution >= 4 is 5.57 Å². The number of aliphatic hydroxyl groups excluding tert-OH is 1. The van der Waals surface area contributed by atoms with Crippen LogP contribution in [0.1, 0.15) is 56.6 Å². The van der Waals surface area contributed by atoms with Crippen LogP contribution in [0.3, 0.4) is 0 Å². The normalized spacial score (nSPS) is 22.8. The van der Waals surface area contributed by atoms with E-state index in [0.717, 1.165) is 25.7 Å². The van der Waals surface area contributed by atoms with Crippen molar-refractivity contribution in [2.45, 2.75) is 58.2 Å². The molecule has 198 valence electrons. The summed E-state index contributed by atoms with van der Waals surface area (Å²) in [6.07, 6.45) is 7.58. The van der Waals surface area contributed by atoms with Crippen LogP contribution in [0, 0.1) is 23.6 Å². The molecule has 0 amide bonds. The highest BCUT2D eigenvalue weighted by atomic mass is 19.2. The summed E-state index contributed by atoms with van der Waals surface area (Å²) in [4.78, 5) is 0. The second-order valence-electron chi connectivity index (χ2n) is 10.0. The fraction of sp³-hybridized carbons (Fsp3) is 0.419. The molecular formula is C31H35F3O3. The van der Waals surface area contributed by atoms with Crippen LogP contribution in [0.15, 0.2) is 72.8 Å². The van der Waals surface area contributed by atoms with Crippen molar-refractivity contribution in [3.8, 4) is 11.5 Å². The van der Waals surface area contributed by atoms with Crippen LogP contribution in [-0.4, -0.2) is 17.8 Å². The largest absolute Gasteiger partial charge is 0.490 e. The molecule has 0 radical (unpaired) electrons. The molecule has 1 saturated carbocycles. The van der Waals surface area contributed by atoms with Gasteiger partial charge >= 0.3 is 0 Å². The second kappa shape index (κ2) is 12.5. The molecule has 2 aliphatic carbocycles. The summed E-state index contributed by atoms with van der Waals surface area (Å²) in [6.45, 7) is 5.94. The zero-order valence-corrected chi connectivity index (χ0v) is 21.3. The van der Waals surface area contributed by atoms with E-state index in [1.165, 1.54) is 6.07 Å². The lowest BCUT2D eigenvalue weighted by Crippen LogP contribution is -2.28. The van der Waals surface area contributed by atoms with Gasteiger partial charge in [0, 0.05) is 11.5 Å². The predicted octanol–water partition coefficient (Wildman–Crippen LogP) is 8.10. The smallest absolute Gasteiger partial charge is 0.165 e. The zero-order valence-electron chi connectivity index (χ0n) is 21.3. The van der Waals surface area contributed by atoms with E-state index in [4.69, 9.17) is 9.47 Å². The average Bonchev–Trinajstić information content (AvgIpc) is 2.91. The second-order valence-corrected chi connectivity index (χ2v) is 10.0. The average molecular weight is 513 g/mol. The molecule has 1 N–H and O–H groups in total. The van der Waals surface area contributed by atoms with Crippen molar-refractivity contribution in [3.63, 3.8) is 0 Å². The highest BCUT2D eigenvalue weighted by Gasteiger charge is 2.35. The van der Waals surface area contributed by atoms with Crippen LogP contribution in [0.5, 0.6) is 11.5 Å². The lowest BCUT2D eigenvalue weighted by atomic mass is 9.71. The topological polar surface area (TPSA) is 38.7 Å². The summed E-state index contributed by atoms with van der Waals surface area (Å²) in [6, 6.07) is 11.5. The minimum atomic E-state index is -0.784. The molecule has 0 bridgehead atoms. The molecule has 2 unspecified atom stereocenters. The van der Waals surface area contributed by atoms with Gasteiger partial charge in [0.2, 0.25) is 0 Å². The van der Waals surface area contributed by atoms with Gasteiger partial charge in [0.1, 0.15) is 18.2 Å². The first-order valence-corrected chi connectivity index (χ1v) is 13.1. The molecule has 6 heteroatoms. The number of hydrogen-bond acceptors (Lipinski definition) is 3. The van der Waals surface area contributed by atoms with Crippen LogP contribution in [-0.2, 0) is 6.61 Å². The summed E-state index contributed by atoms with van der Waals surface area (Å²) in [5.41, 5.74) is 1.51. The lowest BCUT2D eigenvalue weighted by Gasteiger charge is -2.35. The quantitative estimate of drug-likeness (QED) is 0.258. The van der Waals surface area contributed by atoms with Crippen molar-refractivity contribution < 1.29 is 27.8 Å². The number of benzene rings is 2. The SMILES string of the molecule is C=CCCOc1ccc(COc2ccc(C3=CCC(C4CCC(C(C)O)CC4)C(F)=C3F)cc2)cc1F. The Kier molecular flexibility index (Phi) is 9.14. The van der Waals surface area contributed by atoms with E-state index in [1.54, 1.807) is 55.5 Å². The first kappa shape index (κ1) is 27.1. The highest BCUT2D eigenvalue weighted by molar-refractivity contribution is 5.78. The maximum absolute atomic E-state index is 15.1. The van der Waals surface area contributed by atoms with Gasteiger partial charge in [0.05, 0.1) is 12.7 Å². The van der Waals surface area contributed by atoms with Crippen LogP contribution in [0.4, 0.5) is 13.2 Å². The molecular weight excluding hydrogens is 477 g/mol. The Morgan fingerprint density at radius 2 is 1.76 bits per heavy atom. The van der Waals surface area contributed by atoms with E-state index in [0.29, 0.717) is 36.3 Å². The Balaban J connectivity index is 1.34. The van der Waals surface area contributed by atoms with Gasteiger partial charge in [0.25, 0.3) is 0 Å². The zero-order chi connectivity index (χ0) is 26.4. The number of rotatable bonds is 10. The molecule has 0 heterocycles. The van der Waals surface area contributed by atoms with Crippen LogP contribution < -0.4 is 9.47 Å². The molecule has 0 saturated heterocycles. The standard InChI is InChI=1S/C31H35F3O3/c1-3-4-17-36-29-16-5-21(18-28(29)32)19-37-25-12-10-24(11-13-25)27-15-14-26(30(33)31(27)34)23-8-6-22(7-9-23)20(2)35/h3,5,10-13,15-16,18,20,22-23,26,35H,1,4,6-9,14,17,19H2,2H3. The predicted molar refractivity (Wildman–Crippen MR) is 140 cm³/mol. The van der Waals surface area contributed by atoms with Gasteiger partial charge in [0.15, 0.2) is 17.4 Å². The molecule has 2 aliphatic rings. The molecule has 4 rings (SSSR count). The van der Waals surface area contributed by atoms with Crippen molar-refractivity contribution in [2.75, 3.05) is 6.61 Å². The number of ether oxygens (including phenoxy) is 2. The summed E-state index contributed by atoms with van der Waals surface area (Å²) < 4.78 is 55.6. The van der Waals surface area contributed by atoms with Crippen LogP contribution >= 0.6 is 0 Å². The number of aliphatic hydroxyl groups is 1. The number of halogens is 3. The van der Waals surface area contributed by atoms with E-state index in [1.807, 2.05) is 0 Å². The summed E-state index contributed by atoms with van der Waals surface area (Å²) >= 11 is 0. The molecule has 2 atom stereocenters. The molecule has 2 aromatic carbocycles.